The minimum absolute atomic E-state index is 0. The Morgan fingerprint density at radius 1 is 1.23 bits per heavy atom. The summed E-state index contributed by atoms with van der Waals surface area (Å²) in [5.41, 5.74) is 0. The third kappa shape index (κ3) is 2.94. The molecule has 2 fully saturated rings. The van der Waals surface area contributed by atoms with Crippen LogP contribution in [0.4, 0.5) is 4.39 Å². The molecule has 0 bridgehead atoms. The van der Waals surface area contributed by atoms with E-state index in [4.69, 9.17) is 0 Å². The molecule has 13 heavy (non-hydrogen) atoms. The molecule has 1 N–H and O–H groups in total. The van der Waals surface area contributed by atoms with Crippen molar-refractivity contribution in [2.24, 2.45) is 0 Å². The van der Waals surface area contributed by atoms with Gasteiger partial charge in [-0.3, -0.25) is 4.90 Å². The molecule has 1 aliphatic carbocycles. The zero-order chi connectivity index (χ0) is 7.84. The maximum Gasteiger partial charge on any atom is 0.129 e. The monoisotopic (exact) mass is 230 g/mol. The van der Waals surface area contributed by atoms with Crippen LogP contribution in [0.15, 0.2) is 0 Å². The van der Waals surface area contributed by atoms with E-state index in [1.807, 2.05) is 7.05 Å². The van der Waals surface area contributed by atoms with Crippen LogP contribution < -0.4 is 5.32 Å². The van der Waals surface area contributed by atoms with E-state index >= 15 is 0 Å². The van der Waals surface area contributed by atoms with Gasteiger partial charge in [0.25, 0.3) is 0 Å². The van der Waals surface area contributed by atoms with Crippen molar-refractivity contribution in [3.63, 3.8) is 0 Å². The summed E-state index contributed by atoms with van der Waals surface area (Å²) in [7, 11) is 2.04. The molecular formula is C8H17Cl2FN2. The fourth-order valence-corrected chi connectivity index (χ4v) is 1.78. The Balaban J connectivity index is 0.000000720. The number of hydrogen-bond donors (Lipinski definition) is 1. The third-order valence-electron chi connectivity index (χ3n) is 2.76. The summed E-state index contributed by atoms with van der Waals surface area (Å²) >= 11 is 0. The molecule has 80 valence electrons. The first-order valence-electron chi connectivity index (χ1n) is 4.36. The van der Waals surface area contributed by atoms with Gasteiger partial charge in [0.2, 0.25) is 0 Å². The quantitative estimate of drug-likeness (QED) is 0.769. The third-order valence-corrected chi connectivity index (χ3v) is 2.76. The second-order valence-electron chi connectivity index (χ2n) is 3.64. The van der Waals surface area contributed by atoms with Crippen LogP contribution in [0, 0.1) is 0 Å². The second kappa shape index (κ2) is 5.35. The fourth-order valence-electron chi connectivity index (χ4n) is 1.78. The topological polar surface area (TPSA) is 15.3 Å². The zero-order valence-corrected chi connectivity index (χ0v) is 9.34. The summed E-state index contributed by atoms with van der Waals surface area (Å²) in [5.74, 6) is 0. The molecule has 0 aromatic rings. The summed E-state index contributed by atoms with van der Waals surface area (Å²) in [5, 5.41) is 3.07. The van der Waals surface area contributed by atoms with E-state index in [0.29, 0.717) is 12.6 Å². The molecule has 2 rings (SSSR count). The minimum atomic E-state index is -0.652. The van der Waals surface area contributed by atoms with E-state index in [1.165, 1.54) is 12.8 Å². The van der Waals surface area contributed by atoms with Crippen molar-refractivity contribution >= 4 is 24.8 Å². The Labute approximate surface area is 91.1 Å². The molecule has 0 aromatic heterocycles. The van der Waals surface area contributed by atoms with Crippen LogP contribution in [0.3, 0.4) is 0 Å². The lowest BCUT2D eigenvalue weighted by atomic mass is 10.2. The van der Waals surface area contributed by atoms with E-state index in [2.05, 4.69) is 10.2 Å². The van der Waals surface area contributed by atoms with Crippen LogP contribution in [0.2, 0.25) is 0 Å². The van der Waals surface area contributed by atoms with Crippen molar-refractivity contribution in [3.05, 3.63) is 0 Å². The summed E-state index contributed by atoms with van der Waals surface area (Å²) < 4.78 is 13.1. The Morgan fingerprint density at radius 3 is 2.23 bits per heavy atom. The van der Waals surface area contributed by atoms with E-state index in [0.717, 1.165) is 6.54 Å². The van der Waals surface area contributed by atoms with Gasteiger partial charge in [-0.1, -0.05) is 0 Å². The molecule has 1 saturated carbocycles. The molecule has 1 heterocycles. The summed E-state index contributed by atoms with van der Waals surface area (Å²) in [6.07, 6.45) is 1.87. The largest absolute Gasteiger partial charge is 0.312 e. The Bertz CT molecular complexity index is 155. The van der Waals surface area contributed by atoms with Gasteiger partial charge in [-0.15, -0.1) is 24.8 Å². The Morgan fingerprint density at radius 2 is 1.85 bits per heavy atom. The molecule has 1 saturated heterocycles. The number of halogens is 3. The van der Waals surface area contributed by atoms with E-state index in [1.54, 1.807) is 0 Å². The molecule has 0 spiro atoms. The van der Waals surface area contributed by atoms with Crippen LogP contribution in [0.1, 0.15) is 12.8 Å². The van der Waals surface area contributed by atoms with Crippen molar-refractivity contribution in [1.82, 2.24) is 10.2 Å². The normalized spacial score (nSPS) is 32.5. The van der Waals surface area contributed by atoms with Crippen molar-refractivity contribution in [3.8, 4) is 0 Å². The van der Waals surface area contributed by atoms with Gasteiger partial charge in [0.15, 0.2) is 0 Å². The van der Waals surface area contributed by atoms with Gasteiger partial charge >= 0.3 is 0 Å². The predicted octanol–water partition coefficient (Wildman–Crippen LogP) is 1.23. The number of likely N-dealkylation sites (N-methyl/N-ethyl adjacent to an activating group) is 1. The lowest BCUT2D eigenvalue weighted by Crippen LogP contribution is -2.40. The maximum atomic E-state index is 13.1. The number of alkyl halides is 1. The Hall–Kier alpha value is 0.430. The standard InChI is InChI=1S/C8H15FN2.2ClH/c1-11(6-2-3-6)8-5-10-4-7(8)9;;/h6-8,10H,2-5H2,1H3;2*1H/t7-,8+;;/m0../s1. The number of rotatable bonds is 2. The average molecular weight is 231 g/mol. The van der Waals surface area contributed by atoms with Gasteiger partial charge in [-0.25, -0.2) is 4.39 Å². The Kier molecular flexibility index (Phi) is 5.52. The molecule has 2 nitrogen and oxygen atoms in total. The van der Waals surface area contributed by atoms with Gasteiger partial charge in [0, 0.05) is 19.1 Å². The van der Waals surface area contributed by atoms with Gasteiger partial charge < -0.3 is 5.32 Å². The number of hydrogen-bond acceptors (Lipinski definition) is 2. The second-order valence-corrected chi connectivity index (χ2v) is 3.64. The van der Waals surface area contributed by atoms with Crippen LogP contribution in [-0.4, -0.2) is 43.3 Å². The van der Waals surface area contributed by atoms with Gasteiger partial charge in [0.1, 0.15) is 6.17 Å². The van der Waals surface area contributed by atoms with Gasteiger partial charge in [-0.05, 0) is 19.9 Å². The zero-order valence-electron chi connectivity index (χ0n) is 7.70. The molecule has 0 aromatic carbocycles. The summed E-state index contributed by atoms with van der Waals surface area (Å²) in [6, 6.07) is 0.820. The van der Waals surface area contributed by atoms with Crippen LogP contribution >= 0.6 is 24.8 Å². The maximum absolute atomic E-state index is 13.1. The lowest BCUT2D eigenvalue weighted by Gasteiger charge is -2.24. The first-order chi connectivity index (χ1) is 5.29. The fraction of sp³-hybridized carbons (Fsp3) is 1.00. The van der Waals surface area contributed by atoms with E-state index in [9.17, 15) is 4.39 Å². The van der Waals surface area contributed by atoms with Crippen molar-refractivity contribution in [1.29, 1.82) is 0 Å². The van der Waals surface area contributed by atoms with Crippen molar-refractivity contribution in [2.45, 2.75) is 31.1 Å². The smallest absolute Gasteiger partial charge is 0.129 e. The predicted molar refractivity (Wildman–Crippen MR) is 56.8 cm³/mol. The summed E-state index contributed by atoms with van der Waals surface area (Å²) in [4.78, 5) is 2.20. The van der Waals surface area contributed by atoms with E-state index in [-0.39, 0.29) is 30.9 Å². The molecule has 0 unspecified atom stereocenters. The lowest BCUT2D eigenvalue weighted by molar-refractivity contribution is 0.166. The molecule has 0 amide bonds. The highest BCUT2D eigenvalue weighted by molar-refractivity contribution is 5.85. The van der Waals surface area contributed by atoms with Crippen LogP contribution in [0.5, 0.6) is 0 Å². The molecule has 2 aliphatic rings. The highest BCUT2D eigenvalue weighted by atomic mass is 35.5. The average Bonchev–Trinajstić information content (AvgIpc) is 2.74. The first kappa shape index (κ1) is 13.4. The highest BCUT2D eigenvalue weighted by Crippen LogP contribution is 2.29. The van der Waals surface area contributed by atoms with Crippen LogP contribution in [-0.2, 0) is 0 Å². The molecular weight excluding hydrogens is 214 g/mol. The SMILES string of the molecule is CN(C1CC1)[C@@H]1CNC[C@@H]1F.Cl.Cl. The molecule has 1 aliphatic heterocycles. The number of nitrogens with one attached hydrogen (secondary N) is 1. The molecule has 2 atom stereocenters. The van der Waals surface area contributed by atoms with Crippen molar-refractivity contribution in [2.75, 3.05) is 20.1 Å². The molecule has 0 radical (unpaired) electrons. The van der Waals surface area contributed by atoms with Crippen LogP contribution in [0.25, 0.3) is 0 Å². The number of nitrogens with zero attached hydrogens (tertiary/aromatic N) is 1. The van der Waals surface area contributed by atoms with Gasteiger partial charge in [-0.2, -0.15) is 0 Å². The van der Waals surface area contributed by atoms with E-state index < -0.39 is 6.17 Å². The van der Waals surface area contributed by atoms with Crippen molar-refractivity contribution < 1.29 is 4.39 Å². The summed E-state index contributed by atoms with van der Waals surface area (Å²) in [6.45, 7) is 1.37. The van der Waals surface area contributed by atoms with Gasteiger partial charge in [0.05, 0.1) is 6.04 Å². The molecule has 5 heteroatoms. The highest BCUT2D eigenvalue weighted by Gasteiger charge is 2.37. The first-order valence-corrected chi connectivity index (χ1v) is 4.36. The minimum Gasteiger partial charge on any atom is -0.312 e.